The molecule has 2 aliphatic rings. The van der Waals surface area contributed by atoms with Crippen LogP contribution in [0.15, 0.2) is 35.5 Å². The normalized spacial score (nSPS) is 14.2. The van der Waals surface area contributed by atoms with Crippen molar-refractivity contribution in [2.45, 2.75) is 26.7 Å². The van der Waals surface area contributed by atoms with Crippen molar-refractivity contribution in [2.24, 2.45) is 0 Å². The van der Waals surface area contributed by atoms with E-state index in [4.69, 9.17) is 0 Å². The van der Waals surface area contributed by atoms with Crippen molar-refractivity contribution in [1.82, 2.24) is 0 Å². The molecule has 88 valence electrons. The molecule has 0 fully saturated rings. The molecule has 0 saturated carbocycles. The molecule has 0 aliphatic heterocycles. The average Bonchev–Trinajstić information content (AvgIpc) is 2.83. The maximum absolute atomic E-state index is 3.25. The van der Waals surface area contributed by atoms with Crippen LogP contribution in [-0.2, 0) is 20.0 Å². The zero-order valence-electron chi connectivity index (χ0n) is 9.75. The van der Waals surface area contributed by atoms with E-state index in [-0.39, 0.29) is 24.8 Å². The molecule has 0 heterocycles. The molecule has 0 radical (unpaired) electrons. The first kappa shape index (κ1) is 21.4. The standard InChI is InChI=1S/2C6H7.CH2.2ClH.Ti/c2*1-6-4-2-3-5-6;;;;/h2*2,4H,3H2,1H3;1H2;2*1H;/q2*-1;;;;+2. The van der Waals surface area contributed by atoms with Crippen LogP contribution in [0, 0.1) is 12.2 Å². The second kappa shape index (κ2) is 15.1. The number of hydrogen-bond donors (Lipinski definition) is 0. The van der Waals surface area contributed by atoms with E-state index in [9.17, 15) is 0 Å². The molecule has 0 aromatic carbocycles. The molecule has 0 atom stereocenters. The summed E-state index contributed by atoms with van der Waals surface area (Å²) in [7, 11) is 0. The summed E-state index contributed by atoms with van der Waals surface area (Å²) in [6, 6.07) is 0. The van der Waals surface area contributed by atoms with E-state index >= 15 is 0 Å². The second-order valence-corrected chi connectivity index (χ2v) is 2.93. The Labute approximate surface area is 123 Å². The van der Waals surface area contributed by atoms with Crippen molar-refractivity contribution >= 4 is 29.6 Å². The second-order valence-electron chi connectivity index (χ2n) is 2.93. The van der Waals surface area contributed by atoms with Crippen LogP contribution in [0.3, 0.4) is 0 Å². The third-order valence-electron chi connectivity index (χ3n) is 1.73. The summed E-state index contributed by atoms with van der Waals surface area (Å²) in [5.41, 5.74) is 2.55. The van der Waals surface area contributed by atoms with Crippen molar-refractivity contribution in [1.29, 1.82) is 0 Å². The van der Waals surface area contributed by atoms with Crippen molar-refractivity contribution in [2.75, 3.05) is 0 Å². The first-order chi connectivity index (χ1) is 6.79. The van der Waals surface area contributed by atoms with Gasteiger partial charge in [0.25, 0.3) is 0 Å². The van der Waals surface area contributed by atoms with Gasteiger partial charge in [-0.3, -0.25) is 12.2 Å². The first-order valence-corrected chi connectivity index (χ1v) is 5.73. The van der Waals surface area contributed by atoms with E-state index < -0.39 is 0 Å². The molecule has 2 rings (SSSR count). The summed E-state index contributed by atoms with van der Waals surface area (Å²) in [4.78, 5) is 3.25. The average molecular weight is 293 g/mol. The predicted molar refractivity (Wildman–Crippen MR) is 74.0 cm³/mol. The fourth-order valence-corrected chi connectivity index (χ4v) is 1.03. The fourth-order valence-electron chi connectivity index (χ4n) is 1.03. The minimum atomic E-state index is 0. The fraction of sp³-hybridized carbons (Fsp3) is 0.308. The third kappa shape index (κ3) is 12.2. The Morgan fingerprint density at radius 2 is 1.25 bits per heavy atom. The number of halogens is 2. The Hall–Kier alpha value is 0.124. The molecular formula is C13H18Cl2Ti. The molecule has 0 saturated heterocycles. The number of hydrogen-bond acceptors (Lipinski definition) is 0. The minimum absolute atomic E-state index is 0. The molecule has 0 N–H and O–H groups in total. The predicted octanol–water partition coefficient (Wildman–Crippen LogP) is 4.20. The van der Waals surface area contributed by atoms with Crippen LogP contribution in [0.2, 0.25) is 0 Å². The van der Waals surface area contributed by atoms with Gasteiger partial charge in [0, 0.05) is 0 Å². The quantitative estimate of drug-likeness (QED) is 0.464. The Bertz CT molecular complexity index is 242. The molecule has 2 aliphatic carbocycles. The van der Waals surface area contributed by atoms with Crippen LogP contribution in [-0.4, -0.2) is 4.82 Å². The van der Waals surface area contributed by atoms with E-state index in [0.29, 0.717) is 0 Å². The van der Waals surface area contributed by atoms with Crippen LogP contribution in [0.25, 0.3) is 0 Å². The first-order valence-electron chi connectivity index (χ1n) is 4.62. The van der Waals surface area contributed by atoms with Gasteiger partial charge in [-0.1, -0.05) is 13.8 Å². The summed E-state index contributed by atoms with van der Waals surface area (Å²) in [6.07, 6.45) is 16.7. The maximum atomic E-state index is 3.25. The van der Waals surface area contributed by atoms with Gasteiger partial charge in [-0.2, -0.15) is 12.2 Å². The molecule has 0 aromatic heterocycles. The van der Waals surface area contributed by atoms with Gasteiger partial charge in [0.2, 0.25) is 0 Å². The molecular weight excluding hydrogens is 275 g/mol. The van der Waals surface area contributed by atoms with Gasteiger partial charge in [0.15, 0.2) is 0 Å². The van der Waals surface area contributed by atoms with Crippen LogP contribution in [0.4, 0.5) is 0 Å². The van der Waals surface area contributed by atoms with Crippen molar-refractivity contribution < 1.29 is 20.0 Å². The molecule has 0 unspecified atom stereocenters. The van der Waals surface area contributed by atoms with E-state index in [1.807, 2.05) is 0 Å². The molecule has 0 spiro atoms. The summed E-state index contributed by atoms with van der Waals surface area (Å²) >= 11 is 1.75. The van der Waals surface area contributed by atoms with Gasteiger partial charge >= 0.3 is 24.8 Å². The van der Waals surface area contributed by atoms with E-state index in [0.717, 1.165) is 12.8 Å². The Morgan fingerprint density at radius 3 is 1.31 bits per heavy atom. The molecule has 0 amide bonds. The van der Waals surface area contributed by atoms with Gasteiger partial charge in [0.05, 0.1) is 0 Å². The summed E-state index contributed by atoms with van der Waals surface area (Å²) < 4.78 is 0. The van der Waals surface area contributed by atoms with Crippen LogP contribution >= 0.6 is 24.8 Å². The SMILES string of the molecule is CC1=[C-]CC=C1.CC1=[C-]CC=C1.Cl.Cl.[CH2]=[Ti+2]. The summed E-state index contributed by atoms with van der Waals surface area (Å²) in [6.45, 7) is 4.12. The van der Waals surface area contributed by atoms with Crippen LogP contribution < -0.4 is 0 Å². The van der Waals surface area contributed by atoms with Crippen LogP contribution in [0.5, 0.6) is 0 Å². The molecule has 0 bridgehead atoms. The van der Waals surface area contributed by atoms with E-state index in [1.165, 1.54) is 11.1 Å². The van der Waals surface area contributed by atoms with Gasteiger partial charge < -0.3 is 0 Å². The van der Waals surface area contributed by atoms with Crippen molar-refractivity contribution in [3.8, 4) is 0 Å². The number of rotatable bonds is 0. The zero-order chi connectivity index (χ0) is 10.8. The molecule has 3 heteroatoms. The molecule has 16 heavy (non-hydrogen) atoms. The number of allylic oxidation sites excluding steroid dienone is 8. The van der Waals surface area contributed by atoms with Gasteiger partial charge in [0.1, 0.15) is 0 Å². The molecule has 0 aromatic rings. The van der Waals surface area contributed by atoms with E-state index in [1.54, 1.807) is 20.0 Å². The summed E-state index contributed by atoms with van der Waals surface area (Å²) in [5.74, 6) is 0. The summed E-state index contributed by atoms with van der Waals surface area (Å²) in [5, 5.41) is 0. The van der Waals surface area contributed by atoms with Gasteiger partial charge in [-0.05, 0) is 0 Å². The Morgan fingerprint density at radius 1 is 0.938 bits per heavy atom. The monoisotopic (exact) mass is 292 g/mol. The Kier molecular flexibility index (Phi) is 20.2. The van der Waals surface area contributed by atoms with E-state index in [2.05, 4.69) is 55.1 Å². The third-order valence-corrected chi connectivity index (χ3v) is 1.73. The van der Waals surface area contributed by atoms with Crippen molar-refractivity contribution in [3.05, 3.63) is 47.6 Å². The van der Waals surface area contributed by atoms with Crippen molar-refractivity contribution in [3.63, 3.8) is 0 Å². The Balaban J connectivity index is -0.000000165. The van der Waals surface area contributed by atoms with Gasteiger partial charge in [-0.25, -0.2) is 23.3 Å². The zero-order valence-corrected chi connectivity index (χ0v) is 12.9. The van der Waals surface area contributed by atoms with Crippen LogP contribution in [0.1, 0.15) is 26.7 Å². The van der Waals surface area contributed by atoms with Gasteiger partial charge in [-0.15, -0.1) is 37.7 Å². The topological polar surface area (TPSA) is 0 Å². The molecule has 0 nitrogen and oxygen atoms in total.